The molecule has 1 heterocycles. The van der Waals surface area contributed by atoms with E-state index in [1.165, 1.54) is 49.0 Å². The highest BCUT2D eigenvalue weighted by Gasteiger charge is 2.60. The largest absolute Gasteiger partial charge is 0.461 e. The van der Waals surface area contributed by atoms with E-state index < -0.39 is 6.10 Å². The number of carbonyl (C=O) groups is 1. The van der Waals surface area contributed by atoms with Crippen molar-refractivity contribution < 1.29 is 19.5 Å². The second-order valence-electron chi connectivity index (χ2n) is 10.2. The third-order valence-electron chi connectivity index (χ3n) is 8.35. The first-order chi connectivity index (χ1) is 13.9. The number of esters is 1. The highest BCUT2D eigenvalue weighted by Crippen LogP contribution is 2.55. The molecule has 0 aromatic rings. The van der Waals surface area contributed by atoms with Crippen molar-refractivity contribution in [2.75, 3.05) is 19.6 Å². The monoisotopic (exact) mass is 406 g/mol. The molecule has 4 heteroatoms. The van der Waals surface area contributed by atoms with Gasteiger partial charge in [-0.3, -0.25) is 4.79 Å². The number of allylic oxidation sites excluding steroid dienone is 1. The van der Waals surface area contributed by atoms with Crippen LogP contribution >= 0.6 is 0 Å². The van der Waals surface area contributed by atoms with Crippen molar-refractivity contribution >= 4 is 5.97 Å². The van der Waals surface area contributed by atoms with Crippen molar-refractivity contribution in [2.24, 2.45) is 23.2 Å². The third kappa shape index (κ3) is 4.58. The van der Waals surface area contributed by atoms with Gasteiger partial charge in [-0.15, -0.1) is 0 Å². The first-order valence-corrected chi connectivity index (χ1v) is 12.3. The molecular weight excluding hydrogens is 362 g/mol. The average Bonchev–Trinajstić information content (AvgIpc) is 3.00. The van der Waals surface area contributed by atoms with Crippen molar-refractivity contribution in [3.8, 4) is 0 Å². The van der Waals surface area contributed by atoms with E-state index in [0.717, 1.165) is 38.9 Å². The summed E-state index contributed by atoms with van der Waals surface area (Å²) in [6, 6.07) is 0. The fourth-order valence-corrected chi connectivity index (χ4v) is 6.19. The predicted molar refractivity (Wildman–Crippen MR) is 117 cm³/mol. The van der Waals surface area contributed by atoms with Crippen molar-refractivity contribution in [3.63, 3.8) is 0 Å². The van der Waals surface area contributed by atoms with Crippen LogP contribution in [0.2, 0.25) is 0 Å². The number of nitrogens with one attached hydrogen (secondary N) is 1. The molecule has 1 saturated carbocycles. The Hall–Kier alpha value is -0.870. The SMILES string of the molecule is CCCCC[NH+](CCCCC)C[C@@H]1C(=O)O[C@H]2CC3=CCC[C@H](C)[C@]3(C)[C@@H](O)[C@@H]21. The Morgan fingerprint density at radius 1 is 1.17 bits per heavy atom. The molecule has 0 unspecified atom stereocenters. The summed E-state index contributed by atoms with van der Waals surface area (Å²) >= 11 is 0. The number of fused-ring (bicyclic) bond motifs is 2. The Kier molecular flexibility index (Phi) is 7.83. The van der Waals surface area contributed by atoms with E-state index in [1.54, 1.807) is 0 Å². The van der Waals surface area contributed by atoms with Gasteiger partial charge >= 0.3 is 5.97 Å². The molecule has 1 aliphatic heterocycles. The van der Waals surface area contributed by atoms with Crippen molar-refractivity contribution in [3.05, 3.63) is 11.6 Å². The quantitative estimate of drug-likeness (QED) is 0.331. The smallest absolute Gasteiger partial charge is 0.315 e. The number of aliphatic hydroxyl groups excluding tert-OH is 1. The number of carbonyl (C=O) groups excluding carboxylic acids is 1. The zero-order valence-corrected chi connectivity index (χ0v) is 19.2. The third-order valence-corrected chi connectivity index (χ3v) is 8.35. The number of ether oxygens (including phenoxy) is 1. The summed E-state index contributed by atoms with van der Waals surface area (Å²) < 4.78 is 5.88. The summed E-state index contributed by atoms with van der Waals surface area (Å²) in [4.78, 5) is 14.4. The Bertz CT molecular complexity index is 579. The van der Waals surface area contributed by atoms with Crippen LogP contribution in [-0.4, -0.2) is 42.9 Å². The molecule has 3 rings (SSSR count). The highest BCUT2D eigenvalue weighted by molar-refractivity contribution is 5.76. The lowest BCUT2D eigenvalue weighted by Gasteiger charge is -2.51. The van der Waals surface area contributed by atoms with Gasteiger partial charge in [-0.25, -0.2) is 0 Å². The number of rotatable bonds is 10. The molecule has 1 saturated heterocycles. The van der Waals surface area contributed by atoms with E-state index in [4.69, 9.17) is 4.74 Å². The molecule has 2 N–H and O–H groups in total. The molecule has 2 aliphatic carbocycles. The van der Waals surface area contributed by atoms with Gasteiger partial charge in [0.15, 0.2) is 0 Å². The van der Waals surface area contributed by atoms with Gasteiger partial charge in [0, 0.05) is 17.8 Å². The van der Waals surface area contributed by atoms with Gasteiger partial charge in [0.1, 0.15) is 12.0 Å². The zero-order valence-electron chi connectivity index (χ0n) is 19.2. The van der Waals surface area contributed by atoms with E-state index in [9.17, 15) is 9.90 Å². The molecule has 0 spiro atoms. The fraction of sp³-hybridized carbons (Fsp3) is 0.880. The van der Waals surface area contributed by atoms with Crippen molar-refractivity contribution in [1.82, 2.24) is 0 Å². The van der Waals surface area contributed by atoms with Crippen LogP contribution in [-0.2, 0) is 9.53 Å². The number of unbranched alkanes of at least 4 members (excludes halogenated alkanes) is 4. The molecule has 166 valence electrons. The molecular formula is C25H44NO3+. The van der Waals surface area contributed by atoms with Gasteiger partial charge in [0.2, 0.25) is 0 Å². The second-order valence-corrected chi connectivity index (χ2v) is 10.2. The van der Waals surface area contributed by atoms with Crippen LogP contribution < -0.4 is 4.90 Å². The van der Waals surface area contributed by atoms with E-state index >= 15 is 0 Å². The maximum absolute atomic E-state index is 12.9. The highest BCUT2D eigenvalue weighted by atomic mass is 16.6. The Balaban J connectivity index is 1.75. The first kappa shape index (κ1) is 22.8. The normalized spacial score (nSPS) is 36.6. The summed E-state index contributed by atoms with van der Waals surface area (Å²) in [6.45, 7) is 12.1. The van der Waals surface area contributed by atoms with Crippen LogP contribution in [0.15, 0.2) is 11.6 Å². The van der Waals surface area contributed by atoms with E-state index in [1.807, 2.05) is 0 Å². The van der Waals surface area contributed by atoms with Gasteiger partial charge in [-0.05, 0) is 44.4 Å². The molecule has 0 bridgehead atoms. The molecule has 0 aromatic heterocycles. The Morgan fingerprint density at radius 2 is 1.83 bits per heavy atom. The molecule has 4 nitrogen and oxygen atoms in total. The summed E-state index contributed by atoms with van der Waals surface area (Å²) in [7, 11) is 0. The fourth-order valence-electron chi connectivity index (χ4n) is 6.19. The summed E-state index contributed by atoms with van der Waals surface area (Å²) in [6.07, 6.45) is 12.1. The minimum Gasteiger partial charge on any atom is -0.461 e. The van der Waals surface area contributed by atoms with Crippen LogP contribution in [0.25, 0.3) is 0 Å². The maximum Gasteiger partial charge on any atom is 0.315 e. The minimum absolute atomic E-state index is 0.0439. The van der Waals surface area contributed by atoms with Crippen LogP contribution in [0.5, 0.6) is 0 Å². The van der Waals surface area contributed by atoms with Gasteiger partial charge < -0.3 is 14.7 Å². The van der Waals surface area contributed by atoms with Gasteiger partial charge in [-0.1, -0.05) is 52.2 Å². The lowest BCUT2D eigenvalue weighted by molar-refractivity contribution is -0.903. The molecule has 6 atom stereocenters. The van der Waals surface area contributed by atoms with E-state index in [-0.39, 0.29) is 29.3 Å². The van der Waals surface area contributed by atoms with Gasteiger partial charge in [-0.2, -0.15) is 0 Å². The van der Waals surface area contributed by atoms with Crippen molar-refractivity contribution in [2.45, 2.75) is 97.7 Å². The number of aliphatic hydroxyl groups is 1. The van der Waals surface area contributed by atoms with Crippen LogP contribution in [0.4, 0.5) is 0 Å². The van der Waals surface area contributed by atoms with E-state index in [0.29, 0.717) is 5.92 Å². The van der Waals surface area contributed by atoms with Crippen LogP contribution in [0.1, 0.15) is 85.5 Å². The summed E-state index contributed by atoms with van der Waals surface area (Å²) in [5, 5.41) is 11.6. The van der Waals surface area contributed by atoms with Crippen molar-refractivity contribution in [1.29, 1.82) is 0 Å². The van der Waals surface area contributed by atoms with Crippen LogP contribution in [0, 0.1) is 23.2 Å². The van der Waals surface area contributed by atoms with E-state index in [2.05, 4.69) is 33.8 Å². The summed E-state index contributed by atoms with van der Waals surface area (Å²) in [5.41, 5.74) is 1.13. The van der Waals surface area contributed by atoms with Gasteiger partial charge in [0.25, 0.3) is 0 Å². The molecule has 29 heavy (non-hydrogen) atoms. The molecule has 0 amide bonds. The second kappa shape index (κ2) is 9.96. The topological polar surface area (TPSA) is 51.0 Å². The Morgan fingerprint density at radius 3 is 2.45 bits per heavy atom. The first-order valence-electron chi connectivity index (χ1n) is 12.3. The molecule has 3 aliphatic rings. The predicted octanol–water partition coefficient (Wildman–Crippen LogP) is 3.54. The van der Waals surface area contributed by atoms with Crippen LogP contribution in [0.3, 0.4) is 0 Å². The zero-order chi connectivity index (χ0) is 21.0. The summed E-state index contributed by atoms with van der Waals surface area (Å²) in [5.74, 6) is 0.198. The number of hydrogen-bond acceptors (Lipinski definition) is 3. The molecule has 0 aromatic carbocycles. The van der Waals surface area contributed by atoms with Gasteiger partial charge in [0.05, 0.1) is 25.7 Å². The Labute approximate surface area is 178 Å². The lowest BCUT2D eigenvalue weighted by atomic mass is 9.55. The lowest BCUT2D eigenvalue weighted by Crippen LogP contribution is -3.13. The average molecular weight is 407 g/mol. The maximum atomic E-state index is 12.9. The number of hydrogen-bond donors (Lipinski definition) is 2. The molecule has 0 radical (unpaired) electrons. The standard InChI is InChI=1S/C25H43NO3/c1-5-7-9-14-26(15-10-8-6-2)17-20-22-21(29-24(20)28)16-19-13-11-12-18(3)25(19,4)23(22)27/h13,18,20-23,27H,5-12,14-17H2,1-4H3/p+1/t18-,20-,21-,22+,23-,25-/m0/s1. The molecule has 2 fully saturated rings. The number of quaternary nitrogens is 1. The minimum atomic E-state index is -0.480.